The van der Waals surface area contributed by atoms with Gasteiger partial charge in [0, 0.05) is 49.1 Å². The summed E-state index contributed by atoms with van der Waals surface area (Å²) >= 11 is 3.62. The highest BCUT2D eigenvalue weighted by molar-refractivity contribution is 9.10. The molecule has 1 aromatic carbocycles. The van der Waals surface area contributed by atoms with Crippen LogP contribution in [0.25, 0.3) is 0 Å². The van der Waals surface area contributed by atoms with Crippen molar-refractivity contribution in [3.8, 4) is 0 Å². The van der Waals surface area contributed by atoms with Crippen molar-refractivity contribution in [2.24, 2.45) is 7.05 Å². The van der Waals surface area contributed by atoms with E-state index in [0.717, 1.165) is 17.6 Å². The fraction of sp³-hybridized carbons (Fsp3) is 0.357. The van der Waals surface area contributed by atoms with E-state index in [1.807, 2.05) is 31.2 Å². The molecular formula is C14H19BrN4. The van der Waals surface area contributed by atoms with Crippen LogP contribution in [0, 0.1) is 0 Å². The topological polar surface area (TPSA) is 33.1 Å². The molecule has 0 atom stereocenters. The number of nitrogens with one attached hydrogen (secondary N) is 1. The van der Waals surface area contributed by atoms with Gasteiger partial charge >= 0.3 is 0 Å². The predicted molar refractivity (Wildman–Crippen MR) is 82.2 cm³/mol. The molecule has 1 N–H and O–H groups in total. The zero-order chi connectivity index (χ0) is 13.8. The van der Waals surface area contributed by atoms with Crippen molar-refractivity contribution in [3.05, 3.63) is 46.2 Å². The van der Waals surface area contributed by atoms with Crippen LogP contribution in [0.4, 0.5) is 5.69 Å². The van der Waals surface area contributed by atoms with Gasteiger partial charge in [-0.05, 0) is 24.7 Å². The number of hydrogen-bond donors (Lipinski definition) is 1. The third kappa shape index (κ3) is 3.58. The minimum Gasteiger partial charge on any atom is -0.370 e. The lowest BCUT2D eigenvalue weighted by atomic mass is 10.2. The Labute approximate surface area is 122 Å². The summed E-state index contributed by atoms with van der Waals surface area (Å²) in [5, 5.41) is 7.35. The second kappa shape index (κ2) is 6.21. The van der Waals surface area contributed by atoms with E-state index in [9.17, 15) is 0 Å². The van der Waals surface area contributed by atoms with Crippen molar-refractivity contribution < 1.29 is 0 Å². The second-order valence-corrected chi connectivity index (χ2v) is 5.54. The molecule has 0 fully saturated rings. The van der Waals surface area contributed by atoms with E-state index < -0.39 is 0 Å². The molecule has 0 saturated heterocycles. The smallest absolute Gasteiger partial charge is 0.0539 e. The maximum Gasteiger partial charge on any atom is 0.0539 e. The number of rotatable bonds is 5. The molecule has 1 heterocycles. The molecule has 5 heteroatoms. The SMILES string of the molecule is CNCc1ccc(N(C)Cc2cnn(C)c2)cc1Br. The summed E-state index contributed by atoms with van der Waals surface area (Å²) in [6.07, 6.45) is 3.95. The summed E-state index contributed by atoms with van der Waals surface area (Å²) in [6.45, 7) is 1.72. The van der Waals surface area contributed by atoms with E-state index >= 15 is 0 Å². The van der Waals surface area contributed by atoms with Crippen LogP contribution in [0.1, 0.15) is 11.1 Å². The largest absolute Gasteiger partial charge is 0.370 e. The Kier molecular flexibility index (Phi) is 4.61. The molecule has 0 unspecified atom stereocenters. The number of halogens is 1. The zero-order valence-electron chi connectivity index (χ0n) is 11.5. The Morgan fingerprint density at radius 1 is 1.42 bits per heavy atom. The number of aromatic nitrogens is 2. The molecule has 0 bridgehead atoms. The molecule has 2 rings (SSSR count). The van der Waals surface area contributed by atoms with E-state index in [1.165, 1.54) is 16.8 Å². The van der Waals surface area contributed by atoms with Crippen molar-refractivity contribution in [1.82, 2.24) is 15.1 Å². The highest BCUT2D eigenvalue weighted by Gasteiger charge is 2.06. The molecule has 2 aromatic rings. The van der Waals surface area contributed by atoms with Gasteiger partial charge in [0.25, 0.3) is 0 Å². The van der Waals surface area contributed by atoms with E-state index in [2.05, 4.69) is 56.5 Å². The Morgan fingerprint density at radius 2 is 2.21 bits per heavy atom. The standard InChI is InChI=1S/C14H19BrN4/c1-16-8-12-4-5-13(6-14(12)15)18(2)9-11-7-17-19(3)10-11/h4-7,10,16H,8-9H2,1-3H3. The van der Waals surface area contributed by atoms with Crippen molar-refractivity contribution >= 4 is 21.6 Å². The fourth-order valence-corrected chi connectivity index (χ4v) is 2.53. The molecule has 1 aromatic heterocycles. The Bertz CT molecular complexity index is 550. The lowest BCUT2D eigenvalue weighted by molar-refractivity contribution is 0.766. The van der Waals surface area contributed by atoms with Crippen LogP contribution < -0.4 is 10.2 Å². The third-order valence-corrected chi connectivity index (χ3v) is 3.76. The van der Waals surface area contributed by atoms with E-state index in [1.54, 1.807) is 0 Å². The van der Waals surface area contributed by atoms with Crippen LogP contribution >= 0.6 is 15.9 Å². The molecule has 0 spiro atoms. The van der Waals surface area contributed by atoms with Gasteiger partial charge in [-0.25, -0.2) is 0 Å². The van der Waals surface area contributed by atoms with Crippen LogP contribution in [0.5, 0.6) is 0 Å². The minimum atomic E-state index is 0.853. The number of hydrogen-bond acceptors (Lipinski definition) is 3. The van der Waals surface area contributed by atoms with Gasteiger partial charge in [-0.1, -0.05) is 22.0 Å². The van der Waals surface area contributed by atoms with E-state index in [4.69, 9.17) is 0 Å². The maximum absolute atomic E-state index is 4.19. The number of anilines is 1. The predicted octanol–water partition coefficient (Wildman–Crippen LogP) is 2.54. The van der Waals surface area contributed by atoms with Crippen LogP contribution in [-0.4, -0.2) is 23.9 Å². The summed E-state index contributed by atoms with van der Waals surface area (Å²) < 4.78 is 2.96. The summed E-state index contributed by atoms with van der Waals surface area (Å²) in [5.74, 6) is 0. The molecule has 19 heavy (non-hydrogen) atoms. The fourth-order valence-electron chi connectivity index (χ4n) is 2.03. The second-order valence-electron chi connectivity index (χ2n) is 4.68. The molecular weight excluding hydrogens is 304 g/mol. The average molecular weight is 323 g/mol. The summed E-state index contributed by atoms with van der Waals surface area (Å²) in [7, 11) is 5.98. The molecule has 0 radical (unpaired) electrons. The van der Waals surface area contributed by atoms with Crippen molar-refractivity contribution in [2.75, 3.05) is 19.0 Å². The first-order chi connectivity index (χ1) is 9.10. The Hall–Kier alpha value is -1.33. The highest BCUT2D eigenvalue weighted by Crippen LogP contribution is 2.24. The number of nitrogens with zero attached hydrogens (tertiary/aromatic N) is 3. The van der Waals surface area contributed by atoms with Crippen molar-refractivity contribution in [2.45, 2.75) is 13.1 Å². The molecule has 0 amide bonds. The number of benzene rings is 1. The van der Waals surface area contributed by atoms with Crippen LogP contribution in [0.15, 0.2) is 35.1 Å². The molecule has 0 aliphatic rings. The van der Waals surface area contributed by atoms with Crippen LogP contribution in [0.2, 0.25) is 0 Å². The molecule has 4 nitrogen and oxygen atoms in total. The van der Waals surface area contributed by atoms with Gasteiger partial charge in [0.2, 0.25) is 0 Å². The third-order valence-electron chi connectivity index (χ3n) is 3.02. The normalized spacial score (nSPS) is 10.7. The monoisotopic (exact) mass is 322 g/mol. The maximum atomic E-state index is 4.19. The first-order valence-electron chi connectivity index (χ1n) is 6.22. The Balaban J connectivity index is 2.10. The highest BCUT2D eigenvalue weighted by atomic mass is 79.9. The van der Waals surface area contributed by atoms with Gasteiger partial charge in [0.1, 0.15) is 0 Å². The molecule has 0 saturated carbocycles. The number of aryl methyl sites for hydroxylation is 1. The molecule has 0 aliphatic heterocycles. The quantitative estimate of drug-likeness (QED) is 0.918. The van der Waals surface area contributed by atoms with E-state index in [0.29, 0.717) is 0 Å². The Morgan fingerprint density at radius 3 is 2.79 bits per heavy atom. The van der Waals surface area contributed by atoms with Gasteiger partial charge in [0.15, 0.2) is 0 Å². The van der Waals surface area contributed by atoms with Gasteiger partial charge in [0.05, 0.1) is 6.20 Å². The van der Waals surface area contributed by atoms with Crippen LogP contribution in [-0.2, 0) is 20.1 Å². The lowest BCUT2D eigenvalue weighted by Crippen LogP contribution is -2.16. The first kappa shape index (κ1) is 14.1. The first-order valence-corrected chi connectivity index (χ1v) is 7.01. The lowest BCUT2D eigenvalue weighted by Gasteiger charge is -2.19. The van der Waals surface area contributed by atoms with Crippen LogP contribution in [0.3, 0.4) is 0 Å². The summed E-state index contributed by atoms with van der Waals surface area (Å²) in [4.78, 5) is 2.21. The average Bonchev–Trinajstić information content (AvgIpc) is 2.77. The van der Waals surface area contributed by atoms with Crippen molar-refractivity contribution in [1.29, 1.82) is 0 Å². The van der Waals surface area contributed by atoms with E-state index in [-0.39, 0.29) is 0 Å². The van der Waals surface area contributed by atoms with Gasteiger partial charge in [-0.3, -0.25) is 4.68 Å². The summed E-state index contributed by atoms with van der Waals surface area (Å²) in [5.41, 5.74) is 3.66. The van der Waals surface area contributed by atoms with Gasteiger partial charge in [-0.15, -0.1) is 0 Å². The van der Waals surface area contributed by atoms with Crippen molar-refractivity contribution in [3.63, 3.8) is 0 Å². The zero-order valence-corrected chi connectivity index (χ0v) is 13.1. The van der Waals surface area contributed by atoms with Gasteiger partial charge < -0.3 is 10.2 Å². The molecule has 0 aliphatic carbocycles. The minimum absolute atomic E-state index is 0.853. The summed E-state index contributed by atoms with van der Waals surface area (Å²) in [6, 6.07) is 6.45. The molecule has 102 valence electrons. The van der Waals surface area contributed by atoms with Gasteiger partial charge in [-0.2, -0.15) is 5.10 Å².